The Morgan fingerprint density at radius 3 is 2.76 bits per heavy atom. The fourth-order valence-corrected chi connectivity index (χ4v) is 4.26. The second-order valence-corrected chi connectivity index (χ2v) is 8.88. The average molecular weight is 392 g/mol. The van der Waals surface area contributed by atoms with E-state index in [1.807, 2.05) is 25.1 Å². The highest BCUT2D eigenvalue weighted by Gasteiger charge is 2.30. The molecule has 0 bridgehead atoms. The molecule has 2 atom stereocenters. The van der Waals surface area contributed by atoms with Crippen molar-refractivity contribution in [2.24, 2.45) is 11.3 Å². The second-order valence-electron chi connectivity index (χ2n) is 8.88. The van der Waals surface area contributed by atoms with Crippen LogP contribution in [0.3, 0.4) is 0 Å². The third-order valence-electron chi connectivity index (χ3n) is 5.86. The van der Waals surface area contributed by atoms with E-state index in [1.165, 1.54) is 22.3 Å². The van der Waals surface area contributed by atoms with Crippen molar-refractivity contribution in [2.45, 2.75) is 60.3 Å². The summed E-state index contributed by atoms with van der Waals surface area (Å²) in [5.74, 6) is 0.191. The molecule has 0 aliphatic heterocycles. The van der Waals surface area contributed by atoms with Gasteiger partial charge in [0.15, 0.2) is 5.78 Å². The van der Waals surface area contributed by atoms with Crippen molar-refractivity contribution in [3.05, 3.63) is 77.7 Å². The predicted octanol–water partition coefficient (Wildman–Crippen LogP) is 6.95. The van der Waals surface area contributed by atoms with Gasteiger partial charge in [-0.05, 0) is 67.0 Å². The fourth-order valence-electron chi connectivity index (χ4n) is 4.26. The van der Waals surface area contributed by atoms with Crippen LogP contribution in [0.4, 0.5) is 0 Å². The Labute approximate surface area is 177 Å². The van der Waals surface area contributed by atoms with Gasteiger partial charge in [0.2, 0.25) is 0 Å². The molecule has 1 aliphatic rings. The summed E-state index contributed by atoms with van der Waals surface area (Å²) in [5, 5.41) is 0. The van der Waals surface area contributed by atoms with Crippen LogP contribution in [0.2, 0.25) is 0 Å². The average Bonchev–Trinajstić information content (AvgIpc) is 2.69. The first kappa shape index (κ1) is 22.9. The lowest BCUT2D eigenvalue weighted by molar-refractivity contribution is -0.119. The van der Waals surface area contributed by atoms with Crippen LogP contribution in [0, 0.1) is 11.3 Å². The van der Waals surface area contributed by atoms with Gasteiger partial charge in [-0.2, -0.15) is 0 Å². The predicted molar refractivity (Wildman–Crippen MR) is 125 cm³/mol. The van der Waals surface area contributed by atoms with E-state index < -0.39 is 0 Å². The summed E-state index contributed by atoms with van der Waals surface area (Å²) in [4.78, 5) is 14.7. The number of hydrogen-bond acceptors (Lipinski definition) is 2. The van der Waals surface area contributed by atoms with Gasteiger partial charge in [0.25, 0.3) is 0 Å². The number of allylic oxidation sites excluding steroid dienone is 5. The number of ketones is 1. The first-order valence-electron chi connectivity index (χ1n) is 10.8. The highest BCUT2D eigenvalue weighted by Crippen LogP contribution is 2.42. The molecule has 0 heterocycles. The first-order chi connectivity index (χ1) is 13.7. The van der Waals surface area contributed by atoms with Crippen LogP contribution in [0.5, 0.6) is 0 Å². The standard InChI is InChI=1S/C27H37NO/c1-8-11-23-12-10-13-24(16-23)25-18-27(6,15-14-20(25)3)17-21(4)26(29)22(5)19-28(7)9-2/h9-10,12-14,16,18-19,21H,2,8,11,15,17H2,1,3-7H3/b22-19+. The Kier molecular flexibility index (Phi) is 7.84. The molecule has 0 N–H and O–H groups in total. The van der Waals surface area contributed by atoms with Crippen molar-refractivity contribution >= 4 is 11.4 Å². The Balaban J connectivity index is 2.25. The van der Waals surface area contributed by atoms with Gasteiger partial charge in [-0.1, -0.05) is 70.2 Å². The summed E-state index contributed by atoms with van der Waals surface area (Å²) in [7, 11) is 1.89. The third kappa shape index (κ3) is 6.06. The Morgan fingerprint density at radius 2 is 2.10 bits per heavy atom. The number of rotatable bonds is 9. The number of hydrogen-bond donors (Lipinski definition) is 0. The van der Waals surface area contributed by atoms with E-state index in [9.17, 15) is 4.79 Å². The van der Waals surface area contributed by atoms with Gasteiger partial charge in [0.05, 0.1) is 0 Å². The van der Waals surface area contributed by atoms with E-state index in [4.69, 9.17) is 0 Å². The zero-order valence-corrected chi connectivity index (χ0v) is 19.1. The van der Waals surface area contributed by atoms with Gasteiger partial charge in [0.1, 0.15) is 0 Å². The molecule has 1 aliphatic carbocycles. The number of carbonyl (C=O) groups is 1. The molecule has 0 amide bonds. The van der Waals surface area contributed by atoms with Crippen molar-refractivity contribution in [3.8, 4) is 0 Å². The lowest BCUT2D eigenvalue weighted by atomic mass is 9.71. The van der Waals surface area contributed by atoms with Crippen molar-refractivity contribution in [3.63, 3.8) is 0 Å². The van der Waals surface area contributed by atoms with E-state index in [1.54, 1.807) is 6.20 Å². The zero-order chi connectivity index (χ0) is 21.6. The fraction of sp³-hybridized carbons (Fsp3) is 0.444. The van der Waals surface area contributed by atoms with Gasteiger partial charge in [-0.15, -0.1) is 0 Å². The maximum atomic E-state index is 12.9. The molecule has 2 unspecified atom stereocenters. The summed E-state index contributed by atoms with van der Waals surface area (Å²) >= 11 is 0. The van der Waals surface area contributed by atoms with Crippen LogP contribution in [-0.2, 0) is 11.2 Å². The van der Waals surface area contributed by atoms with Crippen molar-refractivity contribution in [1.82, 2.24) is 4.90 Å². The van der Waals surface area contributed by atoms with E-state index >= 15 is 0 Å². The Hall–Kier alpha value is -2.35. The second kappa shape index (κ2) is 9.91. The van der Waals surface area contributed by atoms with Gasteiger partial charge < -0.3 is 4.90 Å². The van der Waals surface area contributed by atoms with Gasteiger partial charge in [0, 0.05) is 24.7 Å². The van der Waals surface area contributed by atoms with E-state index in [0.717, 1.165) is 31.3 Å². The van der Waals surface area contributed by atoms with E-state index in [2.05, 4.69) is 70.7 Å². The number of carbonyl (C=O) groups excluding carboxylic acids is 1. The molecular formula is C27H37NO. The number of Topliss-reactive ketones (excluding diaryl/α,β-unsaturated/α-hetero) is 1. The Bertz CT molecular complexity index is 842. The molecule has 0 aromatic heterocycles. The monoisotopic (exact) mass is 391 g/mol. The number of benzene rings is 1. The molecule has 0 fully saturated rings. The van der Waals surface area contributed by atoms with Crippen molar-refractivity contribution in [2.75, 3.05) is 7.05 Å². The van der Waals surface area contributed by atoms with Crippen LogP contribution in [0.1, 0.15) is 65.0 Å². The minimum Gasteiger partial charge on any atom is -0.357 e. The number of aryl methyl sites for hydroxylation is 1. The molecule has 29 heavy (non-hydrogen) atoms. The molecule has 0 saturated heterocycles. The van der Waals surface area contributed by atoms with Gasteiger partial charge >= 0.3 is 0 Å². The third-order valence-corrected chi connectivity index (χ3v) is 5.86. The highest BCUT2D eigenvalue weighted by atomic mass is 16.1. The van der Waals surface area contributed by atoms with Gasteiger partial charge in [-0.25, -0.2) is 0 Å². The van der Waals surface area contributed by atoms with Crippen molar-refractivity contribution in [1.29, 1.82) is 0 Å². The molecule has 2 heteroatoms. The molecule has 1 aromatic rings. The largest absolute Gasteiger partial charge is 0.357 e. The van der Waals surface area contributed by atoms with Crippen LogP contribution < -0.4 is 0 Å². The zero-order valence-electron chi connectivity index (χ0n) is 19.1. The highest BCUT2D eigenvalue weighted by molar-refractivity contribution is 5.96. The van der Waals surface area contributed by atoms with Crippen LogP contribution >= 0.6 is 0 Å². The minimum absolute atomic E-state index is 0.0186. The SMILES string of the molecule is C=CN(C)/C=C(\C)C(=O)C(C)CC1(C)C=C(c2cccc(CCC)c2)C(C)=CC1. The summed E-state index contributed by atoms with van der Waals surface area (Å²) < 4.78 is 0. The van der Waals surface area contributed by atoms with Crippen LogP contribution in [-0.4, -0.2) is 17.7 Å². The van der Waals surface area contributed by atoms with Gasteiger partial charge in [-0.3, -0.25) is 4.79 Å². The molecule has 2 nitrogen and oxygen atoms in total. The number of nitrogens with zero attached hydrogens (tertiary/aromatic N) is 1. The minimum atomic E-state index is -0.0230. The maximum Gasteiger partial charge on any atom is 0.162 e. The summed E-state index contributed by atoms with van der Waals surface area (Å²) in [5.41, 5.74) is 6.09. The summed E-state index contributed by atoms with van der Waals surface area (Å²) in [6.07, 6.45) is 12.4. The summed E-state index contributed by atoms with van der Waals surface area (Å²) in [6.45, 7) is 14.4. The molecule has 1 aromatic carbocycles. The quantitative estimate of drug-likeness (QED) is 0.424. The maximum absolute atomic E-state index is 12.9. The molecule has 0 saturated carbocycles. The lowest BCUT2D eigenvalue weighted by Gasteiger charge is -2.33. The molecule has 0 spiro atoms. The molecule has 0 radical (unpaired) electrons. The normalized spacial score (nSPS) is 20.6. The van der Waals surface area contributed by atoms with E-state index in [-0.39, 0.29) is 17.1 Å². The molecule has 2 rings (SSSR count). The molecule has 156 valence electrons. The van der Waals surface area contributed by atoms with Crippen molar-refractivity contribution < 1.29 is 4.79 Å². The first-order valence-corrected chi connectivity index (χ1v) is 10.8. The smallest absolute Gasteiger partial charge is 0.162 e. The van der Waals surface area contributed by atoms with Crippen LogP contribution in [0.15, 0.2) is 66.5 Å². The lowest BCUT2D eigenvalue weighted by Crippen LogP contribution is -2.24. The van der Waals surface area contributed by atoms with Crippen LogP contribution in [0.25, 0.3) is 5.57 Å². The topological polar surface area (TPSA) is 20.3 Å². The summed E-state index contributed by atoms with van der Waals surface area (Å²) in [6, 6.07) is 8.91. The Morgan fingerprint density at radius 1 is 1.38 bits per heavy atom. The van der Waals surface area contributed by atoms with E-state index in [0.29, 0.717) is 0 Å². The molecular weight excluding hydrogens is 354 g/mol.